The molecular weight excluding hydrogens is 310 g/mol. The second-order valence-electron chi connectivity index (χ2n) is 5.72. The molecule has 1 aliphatic rings. The van der Waals surface area contributed by atoms with E-state index in [2.05, 4.69) is 5.32 Å². The van der Waals surface area contributed by atoms with Crippen molar-refractivity contribution in [2.45, 2.75) is 26.0 Å². The van der Waals surface area contributed by atoms with E-state index in [0.29, 0.717) is 30.8 Å². The van der Waals surface area contributed by atoms with Gasteiger partial charge in [0.2, 0.25) is 0 Å². The summed E-state index contributed by atoms with van der Waals surface area (Å²) >= 11 is 0. The highest BCUT2D eigenvalue weighted by Gasteiger charge is 2.25. The molecule has 0 radical (unpaired) electrons. The van der Waals surface area contributed by atoms with Crippen LogP contribution in [0.15, 0.2) is 41.0 Å². The zero-order valence-electron chi connectivity index (χ0n) is 13.3. The Labute approximate surface area is 139 Å². The lowest BCUT2D eigenvalue weighted by molar-refractivity contribution is 0.0345. The first kappa shape index (κ1) is 16.1. The highest BCUT2D eigenvalue weighted by Crippen LogP contribution is 2.37. The number of aromatic hydroxyl groups is 2. The molecule has 0 saturated carbocycles. The lowest BCUT2D eigenvalue weighted by Gasteiger charge is -2.15. The van der Waals surface area contributed by atoms with E-state index in [1.54, 1.807) is 13.0 Å². The highest BCUT2D eigenvalue weighted by molar-refractivity contribution is 6.00. The van der Waals surface area contributed by atoms with Crippen LogP contribution in [0.3, 0.4) is 0 Å². The van der Waals surface area contributed by atoms with Gasteiger partial charge in [0, 0.05) is 36.7 Å². The molecule has 1 aromatic carbocycles. The number of carbonyl (C=O) groups excluding carboxylic acids is 1. The minimum Gasteiger partial charge on any atom is -0.508 e. The minimum atomic E-state index is -0.655. The topological polar surface area (TPSA) is 91.9 Å². The Balaban J connectivity index is 2.14. The van der Waals surface area contributed by atoms with Crippen LogP contribution in [0.4, 0.5) is 0 Å². The number of carbonyl (C=O) groups is 1. The van der Waals surface area contributed by atoms with Crippen molar-refractivity contribution in [1.29, 1.82) is 0 Å². The first-order valence-electron chi connectivity index (χ1n) is 7.75. The van der Waals surface area contributed by atoms with Gasteiger partial charge in [0.05, 0.1) is 6.26 Å². The van der Waals surface area contributed by atoms with Crippen LogP contribution in [0.25, 0.3) is 11.3 Å². The summed E-state index contributed by atoms with van der Waals surface area (Å²) in [5, 5.41) is 23.3. The molecule has 3 rings (SSSR count). The molecule has 2 heterocycles. The summed E-state index contributed by atoms with van der Waals surface area (Å²) in [4.78, 5) is 12.5. The van der Waals surface area contributed by atoms with Crippen molar-refractivity contribution in [2.75, 3.05) is 6.54 Å². The summed E-state index contributed by atoms with van der Waals surface area (Å²) in [7, 11) is 0. The maximum Gasteiger partial charge on any atom is 0.342 e. The smallest absolute Gasteiger partial charge is 0.342 e. The second-order valence-corrected chi connectivity index (χ2v) is 5.72. The minimum absolute atomic E-state index is 0.0147. The molecule has 3 N–H and O–H groups in total. The average molecular weight is 329 g/mol. The van der Waals surface area contributed by atoms with E-state index in [0.717, 1.165) is 11.6 Å². The predicted molar refractivity (Wildman–Crippen MR) is 87.8 cm³/mol. The van der Waals surface area contributed by atoms with Crippen molar-refractivity contribution >= 4 is 5.97 Å². The molecule has 126 valence electrons. The van der Waals surface area contributed by atoms with E-state index in [1.165, 1.54) is 12.3 Å². The Hall–Kier alpha value is -2.73. The van der Waals surface area contributed by atoms with Gasteiger partial charge >= 0.3 is 5.97 Å². The molecule has 6 nitrogen and oxygen atoms in total. The average Bonchev–Trinajstić information content (AvgIpc) is 2.97. The number of ether oxygens (including phenoxy) is 1. The molecular formula is C18H19NO5. The monoisotopic (exact) mass is 329 g/mol. The van der Waals surface area contributed by atoms with Crippen LogP contribution < -0.4 is 5.32 Å². The molecule has 0 bridgehead atoms. The van der Waals surface area contributed by atoms with E-state index in [-0.39, 0.29) is 23.2 Å². The third-order valence-corrected chi connectivity index (χ3v) is 3.82. The Bertz CT molecular complexity index is 778. The zero-order valence-corrected chi connectivity index (χ0v) is 13.3. The lowest BCUT2D eigenvalue weighted by atomic mass is 10.0. The van der Waals surface area contributed by atoms with Gasteiger partial charge in [-0.05, 0) is 19.1 Å². The third-order valence-electron chi connectivity index (χ3n) is 3.82. The van der Waals surface area contributed by atoms with Crippen LogP contribution in [0.2, 0.25) is 0 Å². The van der Waals surface area contributed by atoms with Crippen molar-refractivity contribution in [3.05, 3.63) is 47.7 Å². The number of nitrogens with one attached hydrogen (secondary N) is 1. The Morgan fingerprint density at radius 1 is 1.25 bits per heavy atom. The van der Waals surface area contributed by atoms with Crippen LogP contribution in [0.1, 0.15) is 29.3 Å². The fourth-order valence-corrected chi connectivity index (χ4v) is 2.67. The van der Waals surface area contributed by atoms with Gasteiger partial charge in [-0.1, -0.05) is 12.2 Å². The number of hydrogen-bond acceptors (Lipinski definition) is 6. The summed E-state index contributed by atoms with van der Waals surface area (Å²) < 4.78 is 10.9. The van der Waals surface area contributed by atoms with Crippen molar-refractivity contribution in [3.63, 3.8) is 0 Å². The van der Waals surface area contributed by atoms with Crippen LogP contribution in [0, 0.1) is 0 Å². The SMILES string of the molecule is CC1C/C=C\CNCc2ccoc2-c2cc(O)cc(O)c2C(=O)O1. The number of phenols is 2. The number of hydrogen-bond donors (Lipinski definition) is 3. The Morgan fingerprint density at radius 2 is 2.08 bits per heavy atom. The summed E-state index contributed by atoms with van der Waals surface area (Å²) in [5.74, 6) is -0.745. The molecule has 0 aliphatic carbocycles. The van der Waals surface area contributed by atoms with Crippen LogP contribution in [-0.2, 0) is 11.3 Å². The molecule has 24 heavy (non-hydrogen) atoms. The van der Waals surface area contributed by atoms with Gasteiger partial charge in [-0.25, -0.2) is 4.79 Å². The molecule has 0 spiro atoms. The maximum atomic E-state index is 12.5. The fraction of sp³-hybridized carbons (Fsp3) is 0.278. The number of phenolic OH excluding ortho intramolecular Hbond substituents is 2. The Kier molecular flexibility index (Phi) is 4.57. The van der Waals surface area contributed by atoms with E-state index >= 15 is 0 Å². The van der Waals surface area contributed by atoms with E-state index < -0.39 is 5.97 Å². The number of benzene rings is 1. The predicted octanol–water partition coefficient (Wildman–Crippen LogP) is 2.95. The molecule has 1 aromatic heterocycles. The van der Waals surface area contributed by atoms with Crippen LogP contribution >= 0.6 is 0 Å². The van der Waals surface area contributed by atoms with Crippen molar-refractivity contribution < 1.29 is 24.2 Å². The van der Waals surface area contributed by atoms with E-state index in [4.69, 9.17) is 9.15 Å². The van der Waals surface area contributed by atoms with Gasteiger partial charge in [0.15, 0.2) is 0 Å². The van der Waals surface area contributed by atoms with Crippen molar-refractivity contribution in [1.82, 2.24) is 5.32 Å². The number of esters is 1. The van der Waals surface area contributed by atoms with Gasteiger partial charge in [0.25, 0.3) is 0 Å². The molecule has 1 atom stereocenters. The molecule has 6 heteroatoms. The highest BCUT2D eigenvalue weighted by atomic mass is 16.5. The normalized spacial score (nSPS) is 19.9. The summed E-state index contributed by atoms with van der Waals surface area (Å²) in [5.41, 5.74) is 1.10. The Morgan fingerprint density at radius 3 is 2.92 bits per heavy atom. The molecule has 0 saturated heterocycles. The number of fused-ring (bicyclic) bond motifs is 3. The standard InChI is InChI=1S/C18H19NO5/c1-11-4-2-3-6-19-10-12-5-7-23-17(12)14-8-13(20)9-15(21)16(14)18(22)24-11/h2-3,5,7-9,11,19-21H,4,6,10H2,1H3/b3-2-. The van der Waals surface area contributed by atoms with Gasteiger partial charge in [0.1, 0.15) is 28.9 Å². The van der Waals surface area contributed by atoms with E-state index in [9.17, 15) is 15.0 Å². The number of rotatable bonds is 0. The van der Waals surface area contributed by atoms with Crippen molar-refractivity contribution in [2.24, 2.45) is 0 Å². The maximum absolute atomic E-state index is 12.5. The molecule has 2 aromatic rings. The largest absolute Gasteiger partial charge is 0.508 e. The summed E-state index contributed by atoms with van der Waals surface area (Å²) in [6, 6.07) is 4.29. The second kappa shape index (κ2) is 6.80. The first-order valence-corrected chi connectivity index (χ1v) is 7.75. The fourth-order valence-electron chi connectivity index (χ4n) is 2.67. The summed E-state index contributed by atoms with van der Waals surface area (Å²) in [6.45, 7) is 2.98. The van der Waals surface area contributed by atoms with Crippen LogP contribution in [0.5, 0.6) is 11.5 Å². The summed E-state index contributed by atoms with van der Waals surface area (Å²) in [6.07, 6.45) is 5.65. The molecule has 1 unspecified atom stereocenters. The quantitative estimate of drug-likeness (QED) is 0.508. The number of cyclic esters (lactones) is 1. The lowest BCUT2D eigenvalue weighted by Crippen LogP contribution is -2.15. The van der Waals surface area contributed by atoms with Crippen molar-refractivity contribution in [3.8, 4) is 22.8 Å². The van der Waals surface area contributed by atoms with Gasteiger partial charge in [-0.3, -0.25) is 0 Å². The zero-order chi connectivity index (χ0) is 17.1. The van der Waals surface area contributed by atoms with Gasteiger partial charge in [-0.2, -0.15) is 0 Å². The van der Waals surface area contributed by atoms with Gasteiger partial charge < -0.3 is 24.7 Å². The van der Waals surface area contributed by atoms with E-state index in [1.807, 2.05) is 12.2 Å². The van der Waals surface area contributed by atoms with Gasteiger partial charge in [-0.15, -0.1) is 0 Å². The first-order chi connectivity index (χ1) is 11.6. The third kappa shape index (κ3) is 3.28. The molecule has 0 amide bonds. The number of furan rings is 1. The van der Waals surface area contributed by atoms with Crippen LogP contribution in [-0.4, -0.2) is 28.8 Å². The molecule has 0 fully saturated rings. The molecule has 1 aliphatic heterocycles.